The van der Waals surface area contributed by atoms with Gasteiger partial charge in [-0.3, -0.25) is 4.98 Å². The first-order chi connectivity index (χ1) is 9.25. The number of hydrogen-bond acceptors (Lipinski definition) is 6. The first kappa shape index (κ1) is 12.1. The van der Waals surface area contributed by atoms with Crippen molar-refractivity contribution in [3.8, 4) is 0 Å². The first-order valence-corrected chi connectivity index (χ1v) is 6.62. The third kappa shape index (κ3) is 2.30. The summed E-state index contributed by atoms with van der Waals surface area (Å²) in [5.74, 6) is 2.58. The van der Waals surface area contributed by atoms with E-state index in [9.17, 15) is 0 Å². The van der Waals surface area contributed by atoms with Crippen LogP contribution in [0, 0.1) is 0 Å². The van der Waals surface area contributed by atoms with Crippen molar-refractivity contribution in [3.63, 3.8) is 0 Å². The Balaban J connectivity index is 1.86. The third-order valence-corrected chi connectivity index (χ3v) is 3.35. The van der Waals surface area contributed by atoms with E-state index in [1.165, 1.54) is 0 Å². The van der Waals surface area contributed by atoms with Gasteiger partial charge in [-0.2, -0.15) is 4.98 Å². The predicted octanol–water partition coefficient (Wildman–Crippen LogP) is 2.32. The zero-order chi connectivity index (χ0) is 13.2. The van der Waals surface area contributed by atoms with E-state index in [2.05, 4.69) is 25.0 Å². The SMILES string of the molecule is CC(C)c1nc(C2CCCN2c2cnccn2)no1. The lowest BCUT2D eigenvalue weighted by Crippen LogP contribution is -2.24. The highest BCUT2D eigenvalue weighted by Gasteiger charge is 2.31. The molecule has 0 bridgehead atoms. The Morgan fingerprint density at radius 3 is 2.95 bits per heavy atom. The highest BCUT2D eigenvalue weighted by molar-refractivity contribution is 5.39. The van der Waals surface area contributed by atoms with Crippen molar-refractivity contribution in [1.29, 1.82) is 0 Å². The van der Waals surface area contributed by atoms with Crippen molar-refractivity contribution in [2.75, 3.05) is 11.4 Å². The van der Waals surface area contributed by atoms with Crippen LogP contribution < -0.4 is 4.90 Å². The molecule has 6 heteroatoms. The number of rotatable bonds is 3. The topological polar surface area (TPSA) is 67.9 Å². The van der Waals surface area contributed by atoms with Crippen molar-refractivity contribution in [2.24, 2.45) is 0 Å². The molecule has 1 atom stereocenters. The minimum absolute atomic E-state index is 0.146. The van der Waals surface area contributed by atoms with Crippen LogP contribution in [0.3, 0.4) is 0 Å². The minimum Gasteiger partial charge on any atom is -0.345 e. The summed E-state index contributed by atoms with van der Waals surface area (Å²) in [6, 6.07) is 0.146. The van der Waals surface area contributed by atoms with Gasteiger partial charge < -0.3 is 9.42 Å². The van der Waals surface area contributed by atoms with Crippen LogP contribution in [-0.2, 0) is 0 Å². The summed E-state index contributed by atoms with van der Waals surface area (Å²) in [6.45, 7) is 5.05. The highest BCUT2D eigenvalue weighted by atomic mass is 16.5. The van der Waals surface area contributed by atoms with E-state index in [1.807, 2.05) is 13.8 Å². The second kappa shape index (κ2) is 4.95. The van der Waals surface area contributed by atoms with Gasteiger partial charge in [0.1, 0.15) is 5.82 Å². The fraction of sp³-hybridized carbons (Fsp3) is 0.538. The van der Waals surface area contributed by atoms with Crippen molar-refractivity contribution in [2.45, 2.75) is 38.6 Å². The van der Waals surface area contributed by atoms with Gasteiger partial charge in [-0.25, -0.2) is 4.98 Å². The molecule has 0 spiro atoms. The van der Waals surface area contributed by atoms with Crippen molar-refractivity contribution >= 4 is 5.82 Å². The summed E-state index contributed by atoms with van der Waals surface area (Å²) >= 11 is 0. The van der Waals surface area contributed by atoms with Gasteiger partial charge in [0.15, 0.2) is 5.82 Å². The Hall–Kier alpha value is -1.98. The molecular weight excluding hydrogens is 242 g/mol. The van der Waals surface area contributed by atoms with Crippen LogP contribution in [0.5, 0.6) is 0 Å². The average Bonchev–Trinajstić information content (AvgIpc) is 3.08. The maximum atomic E-state index is 5.30. The van der Waals surface area contributed by atoms with Crippen LogP contribution in [0.15, 0.2) is 23.1 Å². The fourth-order valence-electron chi connectivity index (χ4n) is 2.37. The third-order valence-electron chi connectivity index (χ3n) is 3.35. The van der Waals surface area contributed by atoms with Gasteiger partial charge in [0.05, 0.1) is 12.2 Å². The summed E-state index contributed by atoms with van der Waals surface area (Å²) in [4.78, 5) is 15.2. The van der Waals surface area contributed by atoms with Gasteiger partial charge in [-0.15, -0.1) is 0 Å². The molecule has 3 heterocycles. The molecule has 0 N–H and O–H groups in total. The molecule has 1 fully saturated rings. The zero-order valence-electron chi connectivity index (χ0n) is 11.2. The van der Waals surface area contributed by atoms with Gasteiger partial charge in [0.2, 0.25) is 5.89 Å². The van der Waals surface area contributed by atoms with Gasteiger partial charge in [0.25, 0.3) is 0 Å². The first-order valence-electron chi connectivity index (χ1n) is 6.62. The van der Waals surface area contributed by atoms with E-state index >= 15 is 0 Å². The number of nitrogens with zero attached hydrogens (tertiary/aromatic N) is 5. The molecule has 2 aromatic rings. The number of anilines is 1. The second-order valence-electron chi connectivity index (χ2n) is 5.06. The van der Waals surface area contributed by atoms with E-state index in [-0.39, 0.29) is 12.0 Å². The number of aromatic nitrogens is 4. The molecule has 1 saturated heterocycles. The Kier molecular flexibility index (Phi) is 3.15. The van der Waals surface area contributed by atoms with E-state index in [1.54, 1.807) is 18.6 Å². The average molecular weight is 259 g/mol. The Morgan fingerprint density at radius 2 is 2.26 bits per heavy atom. The fourth-order valence-corrected chi connectivity index (χ4v) is 2.37. The largest absolute Gasteiger partial charge is 0.345 e. The molecule has 1 aliphatic heterocycles. The van der Waals surface area contributed by atoms with Gasteiger partial charge in [-0.05, 0) is 12.8 Å². The van der Waals surface area contributed by atoms with E-state index in [0.29, 0.717) is 5.89 Å². The Labute approximate surface area is 111 Å². The second-order valence-corrected chi connectivity index (χ2v) is 5.06. The normalized spacial score (nSPS) is 19.3. The smallest absolute Gasteiger partial charge is 0.229 e. The van der Waals surface area contributed by atoms with Crippen molar-refractivity contribution in [1.82, 2.24) is 20.1 Å². The van der Waals surface area contributed by atoms with Crippen LogP contribution in [0.1, 0.15) is 50.4 Å². The summed E-state index contributed by atoms with van der Waals surface area (Å²) < 4.78 is 5.30. The number of hydrogen-bond donors (Lipinski definition) is 0. The summed E-state index contributed by atoms with van der Waals surface area (Å²) in [5.41, 5.74) is 0. The van der Waals surface area contributed by atoms with Crippen molar-refractivity contribution < 1.29 is 4.52 Å². The molecule has 100 valence electrons. The summed E-state index contributed by atoms with van der Waals surface area (Å²) in [5, 5.41) is 4.12. The molecule has 2 aromatic heterocycles. The molecule has 0 saturated carbocycles. The molecular formula is C13H17N5O. The standard InChI is InChI=1S/C13H17N5O/c1-9(2)13-16-12(17-19-13)10-4-3-7-18(10)11-8-14-5-6-15-11/h5-6,8-10H,3-4,7H2,1-2H3. The summed E-state index contributed by atoms with van der Waals surface area (Å²) in [6.07, 6.45) is 7.29. The molecule has 1 unspecified atom stereocenters. The van der Waals surface area contributed by atoms with Gasteiger partial charge >= 0.3 is 0 Å². The molecule has 19 heavy (non-hydrogen) atoms. The molecule has 0 amide bonds. The molecule has 0 aliphatic carbocycles. The maximum Gasteiger partial charge on any atom is 0.229 e. The van der Waals surface area contributed by atoms with E-state index in [0.717, 1.165) is 31.0 Å². The summed E-state index contributed by atoms with van der Waals surface area (Å²) in [7, 11) is 0. The molecule has 0 aromatic carbocycles. The Bertz CT molecular complexity index is 539. The molecule has 6 nitrogen and oxygen atoms in total. The minimum atomic E-state index is 0.146. The van der Waals surface area contributed by atoms with Crippen LogP contribution in [0.25, 0.3) is 0 Å². The lowest BCUT2D eigenvalue weighted by molar-refractivity contribution is 0.358. The van der Waals surface area contributed by atoms with Gasteiger partial charge in [0, 0.05) is 24.9 Å². The van der Waals surface area contributed by atoms with Crippen LogP contribution in [0.4, 0.5) is 5.82 Å². The lowest BCUT2D eigenvalue weighted by Gasteiger charge is -2.22. The maximum absolute atomic E-state index is 5.30. The van der Waals surface area contributed by atoms with E-state index in [4.69, 9.17) is 4.52 Å². The quantitative estimate of drug-likeness (QED) is 0.842. The van der Waals surface area contributed by atoms with E-state index < -0.39 is 0 Å². The highest BCUT2D eigenvalue weighted by Crippen LogP contribution is 2.33. The van der Waals surface area contributed by atoms with Crippen molar-refractivity contribution in [3.05, 3.63) is 30.3 Å². The van der Waals surface area contributed by atoms with Crippen LogP contribution >= 0.6 is 0 Å². The Morgan fingerprint density at radius 1 is 1.37 bits per heavy atom. The van der Waals surface area contributed by atoms with Crippen LogP contribution in [0.2, 0.25) is 0 Å². The van der Waals surface area contributed by atoms with Crippen LogP contribution in [-0.4, -0.2) is 26.7 Å². The van der Waals surface area contributed by atoms with Gasteiger partial charge in [-0.1, -0.05) is 19.0 Å². The lowest BCUT2D eigenvalue weighted by atomic mass is 10.2. The molecule has 0 radical (unpaired) electrons. The molecule has 3 rings (SSSR count). The zero-order valence-corrected chi connectivity index (χ0v) is 11.2. The monoisotopic (exact) mass is 259 g/mol. The molecule has 1 aliphatic rings. The predicted molar refractivity (Wildman–Crippen MR) is 69.7 cm³/mol.